The van der Waals surface area contributed by atoms with Gasteiger partial charge in [-0.15, -0.1) is 0 Å². The second-order valence-electron chi connectivity index (χ2n) is 7.81. The Morgan fingerprint density at radius 1 is 0.923 bits per heavy atom. The summed E-state index contributed by atoms with van der Waals surface area (Å²) in [6.07, 6.45) is -0.331. The predicted molar refractivity (Wildman–Crippen MR) is 104 cm³/mol. The SMILES string of the molecule is Cc1cc(C)cc(CN(Cc2ccc(CO)cc2)C(=O)OC(C)(C)C)c1. The van der Waals surface area contributed by atoms with Crippen LogP contribution in [0.15, 0.2) is 42.5 Å². The zero-order valence-electron chi connectivity index (χ0n) is 16.4. The Morgan fingerprint density at radius 2 is 1.42 bits per heavy atom. The van der Waals surface area contributed by atoms with Crippen LogP contribution in [-0.2, 0) is 24.4 Å². The first kappa shape index (κ1) is 20.0. The third kappa shape index (κ3) is 6.19. The Balaban J connectivity index is 2.23. The average molecular weight is 355 g/mol. The van der Waals surface area contributed by atoms with Gasteiger partial charge in [0.2, 0.25) is 0 Å². The lowest BCUT2D eigenvalue weighted by molar-refractivity contribution is 0.0216. The van der Waals surface area contributed by atoms with Crippen LogP contribution in [0.1, 0.15) is 48.6 Å². The Morgan fingerprint density at radius 3 is 1.92 bits per heavy atom. The maximum atomic E-state index is 12.7. The van der Waals surface area contributed by atoms with Crippen molar-refractivity contribution in [3.8, 4) is 0 Å². The van der Waals surface area contributed by atoms with Gasteiger partial charge in [0.15, 0.2) is 0 Å². The minimum absolute atomic E-state index is 0.0125. The van der Waals surface area contributed by atoms with Crippen LogP contribution in [-0.4, -0.2) is 21.7 Å². The molecule has 0 aromatic heterocycles. The molecular weight excluding hydrogens is 326 g/mol. The van der Waals surface area contributed by atoms with Gasteiger partial charge >= 0.3 is 6.09 Å². The lowest BCUT2D eigenvalue weighted by Crippen LogP contribution is -2.36. The Labute approximate surface area is 156 Å². The van der Waals surface area contributed by atoms with Crippen LogP contribution in [0.4, 0.5) is 4.79 Å². The van der Waals surface area contributed by atoms with E-state index in [1.54, 1.807) is 4.90 Å². The summed E-state index contributed by atoms with van der Waals surface area (Å²) in [6.45, 7) is 10.7. The van der Waals surface area contributed by atoms with Crippen molar-refractivity contribution in [2.75, 3.05) is 0 Å². The van der Waals surface area contributed by atoms with Crippen molar-refractivity contribution in [1.82, 2.24) is 4.90 Å². The standard InChI is InChI=1S/C22H29NO3/c1-16-10-17(2)12-20(11-16)14-23(21(25)26-22(3,4)5)13-18-6-8-19(15-24)9-7-18/h6-12,24H,13-15H2,1-5H3. The first-order chi connectivity index (χ1) is 12.2. The highest BCUT2D eigenvalue weighted by atomic mass is 16.6. The number of aryl methyl sites for hydroxylation is 2. The molecule has 0 spiro atoms. The summed E-state index contributed by atoms with van der Waals surface area (Å²) in [5, 5.41) is 9.19. The molecule has 1 amide bonds. The monoisotopic (exact) mass is 355 g/mol. The molecule has 140 valence electrons. The minimum Gasteiger partial charge on any atom is -0.444 e. The van der Waals surface area contributed by atoms with E-state index in [0.717, 1.165) is 16.7 Å². The lowest BCUT2D eigenvalue weighted by atomic mass is 10.1. The molecule has 2 rings (SSSR count). The zero-order valence-corrected chi connectivity index (χ0v) is 16.4. The fourth-order valence-corrected chi connectivity index (χ4v) is 2.86. The van der Waals surface area contributed by atoms with E-state index in [0.29, 0.717) is 13.1 Å². The van der Waals surface area contributed by atoms with Crippen LogP contribution in [0.3, 0.4) is 0 Å². The molecule has 1 N–H and O–H groups in total. The highest BCUT2D eigenvalue weighted by molar-refractivity contribution is 5.68. The predicted octanol–water partition coefficient (Wildman–Crippen LogP) is 4.73. The van der Waals surface area contributed by atoms with Crippen molar-refractivity contribution in [3.63, 3.8) is 0 Å². The van der Waals surface area contributed by atoms with Crippen LogP contribution in [0.2, 0.25) is 0 Å². The van der Waals surface area contributed by atoms with Crippen LogP contribution in [0, 0.1) is 13.8 Å². The van der Waals surface area contributed by atoms with Gasteiger partial charge in [-0.25, -0.2) is 4.79 Å². The summed E-state index contributed by atoms with van der Waals surface area (Å²) in [7, 11) is 0. The van der Waals surface area contributed by atoms with Crippen LogP contribution < -0.4 is 0 Å². The maximum absolute atomic E-state index is 12.7. The molecular formula is C22H29NO3. The van der Waals surface area contributed by atoms with E-state index in [2.05, 4.69) is 32.0 Å². The molecule has 0 heterocycles. The fourth-order valence-electron chi connectivity index (χ4n) is 2.86. The summed E-state index contributed by atoms with van der Waals surface area (Å²) in [5.41, 5.74) is 4.75. The molecule has 0 aliphatic rings. The summed E-state index contributed by atoms with van der Waals surface area (Å²) >= 11 is 0. The Hall–Kier alpha value is -2.33. The third-order valence-corrected chi connectivity index (χ3v) is 3.89. The summed E-state index contributed by atoms with van der Waals surface area (Å²) in [6, 6.07) is 13.9. The molecule has 4 nitrogen and oxygen atoms in total. The summed E-state index contributed by atoms with van der Waals surface area (Å²) < 4.78 is 5.60. The number of nitrogens with zero attached hydrogens (tertiary/aromatic N) is 1. The normalized spacial score (nSPS) is 11.3. The van der Waals surface area contributed by atoms with E-state index >= 15 is 0 Å². The number of aliphatic hydroxyl groups excluding tert-OH is 1. The van der Waals surface area contributed by atoms with Crippen molar-refractivity contribution in [2.24, 2.45) is 0 Å². The third-order valence-electron chi connectivity index (χ3n) is 3.89. The Kier molecular flexibility index (Phi) is 6.43. The van der Waals surface area contributed by atoms with E-state index in [4.69, 9.17) is 4.74 Å². The molecule has 2 aromatic rings. The molecule has 0 bridgehead atoms. The van der Waals surface area contributed by atoms with Gasteiger partial charge in [-0.05, 0) is 51.3 Å². The van der Waals surface area contributed by atoms with E-state index in [1.807, 2.05) is 45.0 Å². The van der Waals surface area contributed by atoms with Crippen LogP contribution in [0.25, 0.3) is 0 Å². The van der Waals surface area contributed by atoms with E-state index in [-0.39, 0.29) is 12.7 Å². The summed E-state index contributed by atoms with van der Waals surface area (Å²) in [4.78, 5) is 14.4. The number of hydrogen-bond acceptors (Lipinski definition) is 3. The Bertz CT molecular complexity index is 725. The van der Waals surface area contributed by atoms with Gasteiger partial charge in [0.25, 0.3) is 0 Å². The van der Waals surface area contributed by atoms with Crippen LogP contribution in [0.5, 0.6) is 0 Å². The van der Waals surface area contributed by atoms with Gasteiger partial charge in [0.1, 0.15) is 5.60 Å². The number of aliphatic hydroxyl groups is 1. The number of rotatable bonds is 5. The second-order valence-corrected chi connectivity index (χ2v) is 7.81. The smallest absolute Gasteiger partial charge is 0.410 e. The van der Waals surface area contributed by atoms with Gasteiger partial charge in [-0.2, -0.15) is 0 Å². The molecule has 0 saturated heterocycles. The molecule has 0 atom stereocenters. The van der Waals surface area contributed by atoms with Crippen molar-refractivity contribution >= 4 is 6.09 Å². The molecule has 0 radical (unpaired) electrons. The van der Waals surface area contributed by atoms with Gasteiger partial charge < -0.3 is 9.84 Å². The van der Waals surface area contributed by atoms with Gasteiger partial charge in [0, 0.05) is 13.1 Å². The second kappa shape index (κ2) is 8.37. The molecule has 0 aliphatic heterocycles. The van der Waals surface area contributed by atoms with Gasteiger partial charge in [-0.3, -0.25) is 4.90 Å². The largest absolute Gasteiger partial charge is 0.444 e. The van der Waals surface area contributed by atoms with E-state index in [9.17, 15) is 9.90 Å². The molecule has 0 saturated carbocycles. The van der Waals surface area contributed by atoms with Crippen LogP contribution >= 0.6 is 0 Å². The maximum Gasteiger partial charge on any atom is 0.410 e. The minimum atomic E-state index is -0.543. The highest BCUT2D eigenvalue weighted by Gasteiger charge is 2.22. The number of hydrogen-bond donors (Lipinski definition) is 1. The van der Waals surface area contributed by atoms with Crippen molar-refractivity contribution in [3.05, 3.63) is 70.3 Å². The van der Waals surface area contributed by atoms with E-state index in [1.165, 1.54) is 11.1 Å². The molecule has 0 unspecified atom stereocenters. The molecule has 4 heteroatoms. The quantitative estimate of drug-likeness (QED) is 0.843. The topological polar surface area (TPSA) is 49.8 Å². The first-order valence-corrected chi connectivity index (χ1v) is 8.90. The van der Waals surface area contributed by atoms with Crippen molar-refractivity contribution in [1.29, 1.82) is 0 Å². The molecule has 0 fully saturated rings. The lowest BCUT2D eigenvalue weighted by Gasteiger charge is -2.28. The first-order valence-electron chi connectivity index (χ1n) is 8.90. The number of carbonyl (C=O) groups is 1. The number of amides is 1. The van der Waals surface area contributed by atoms with Gasteiger partial charge in [0.05, 0.1) is 6.61 Å². The average Bonchev–Trinajstić information content (AvgIpc) is 2.52. The van der Waals surface area contributed by atoms with E-state index < -0.39 is 5.60 Å². The number of carbonyl (C=O) groups excluding carboxylic acids is 1. The molecule has 2 aromatic carbocycles. The van der Waals surface area contributed by atoms with Crippen molar-refractivity contribution in [2.45, 2.75) is 59.9 Å². The fraction of sp³-hybridized carbons (Fsp3) is 0.409. The molecule has 0 aliphatic carbocycles. The van der Waals surface area contributed by atoms with Gasteiger partial charge in [-0.1, -0.05) is 53.6 Å². The summed E-state index contributed by atoms with van der Waals surface area (Å²) in [5.74, 6) is 0. The zero-order chi connectivity index (χ0) is 19.3. The highest BCUT2D eigenvalue weighted by Crippen LogP contribution is 2.18. The number of ether oxygens (including phenoxy) is 1. The molecule has 26 heavy (non-hydrogen) atoms. The van der Waals surface area contributed by atoms with Crippen molar-refractivity contribution < 1.29 is 14.6 Å². The number of benzene rings is 2.